The number of benzene rings is 3. The van der Waals surface area contributed by atoms with Gasteiger partial charge in [0, 0.05) is 18.3 Å². The van der Waals surface area contributed by atoms with Gasteiger partial charge in [0.2, 0.25) is 11.8 Å². The molecule has 0 aliphatic heterocycles. The van der Waals surface area contributed by atoms with Crippen LogP contribution in [0.4, 0.5) is 11.4 Å². The summed E-state index contributed by atoms with van der Waals surface area (Å²) in [6.07, 6.45) is 0.234. The Balaban J connectivity index is 1.55. The van der Waals surface area contributed by atoms with E-state index in [1.165, 1.54) is 6.92 Å². The van der Waals surface area contributed by atoms with E-state index in [-0.39, 0.29) is 18.2 Å². The van der Waals surface area contributed by atoms with Gasteiger partial charge in [0.1, 0.15) is 11.5 Å². The number of carbonyl (C=O) groups excluding carboxylic acids is 2. The summed E-state index contributed by atoms with van der Waals surface area (Å²) < 4.78 is 5.73. The monoisotopic (exact) mass is 394 g/mol. The lowest BCUT2D eigenvalue weighted by Crippen LogP contribution is -2.14. The maximum atomic E-state index is 12.2. The van der Waals surface area contributed by atoms with Crippen molar-refractivity contribution >= 4 is 34.8 Å². The molecular weight excluding hydrogens is 376 g/mol. The molecule has 0 aliphatic rings. The topological polar surface area (TPSA) is 67.4 Å². The lowest BCUT2D eigenvalue weighted by molar-refractivity contribution is -0.116. The first-order chi connectivity index (χ1) is 13.5. The van der Waals surface area contributed by atoms with Crippen LogP contribution in [0.3, 0.4) is 0 Å². The van der Waals surface area contributed by atoms with Gasteiger partial charge in [0.05, 0.1) is 11.4 Å². The number of para-hydroxylation sites is 1. The summed E-state index contributed by atoms with van der Waals surface area (Å²) in [5.41, 5.74) is 2.22. The molecule has 6 heteroatoms. The van der Waals surface area contributed by atoms with Crippen molar-refractivity contribution < 1.29 is 14.3 Å². The predicted molar refractivity (Wildman–Crippen MR) is 111 cm³/mol. The molecule has 0 saturated heterocycles. The number of anilines is 2. The Morgan fingerprint density at radius 3 is 2.11 bits per heavy atom. The summed E-state index contributed by atoms with van der Waals surface area (Å²) in [5.74, 6) is 0.933. The predicted octanol–water partition coefficient (Wildman–Crippen LogP) is 5.27. The zero-order valence-corrected chi connectivity index (χ0v) is 16.0. The van der Waals surface area contributed by atoms with Gasteiger partial charge in [-0.3, -0.25) is 9.59 Å². The molecule has 0 atom stereocenters. The number of carbonyl (C=O) groups is 2. The summed E-state index contributed by atoms with van der Waals surface area (Å²) in [4.78, 5) is 23.3. The molecule has 5 nitrogen and oxygen atoms in total. The lowest BCUT2D eigenvalue weighted by Gasteiger charge is -2.09. The largest absolute Gasteiger partial charge is 0.456 e. The van der Waals surface area contributed by atoms with Gasteiger partial charge in [-0.2, -0.15) is 0 Å². The van der Waals surface area contributed by atoms with E-state index in [0.29, 0.717) is 27.9 Å². The second-order valence-electron chi connectivity index (χ2n) is 6.16. The highest BCUT2D eigenvalue weighted by Crippen LogP contribution is 2.29. The Morgan fingerprint density at radius 2 is 1.46 bits per heavy atom. The first-order valence-corrected chi connectivity index (χ1v) is 9.06. The summed E-state index contributed by atoms with van der Waals surface area (Å²) >= 11 is 6.08. The fourth-order valence-corrected chi connectivity index (χ4v) is 2.73. The second-order valence-corrected chi connectivity index (χ2v) is 6.57. The molecule has 0 aromatic heterocycles. The van der Waals surface area contributed by atoms with Gasteiger partial charge in [-0.25, -0.2) is 0 Å². The first kappa shape index (κ1) is 19.5. The van der Waals surface area contributed by atoms with Gasteiger partial charge in [-0.15, -0.1) is 0 Å². The minimum absolute atomic E-state index is 0.132. The molecule has 142 valence electrons. The molecule has 0 saturated carbocycles. The molecule has 0 radical (unpaired) electrons. The van der Waals surface area contributed by atoms with Crippen molar-refractivity contribution in [3.63, 3.8) is 0 Å². The van der Waals surface area contributed by atoms with Gasteiger partial charge in [-0.1, -0.05) is 35.9 Å². The third-order valence-corrected chi connectivity index (χ3v) is 4.15. The SMILES string of the molecule is CC(=O)Nc1ccc(CC(=O)Nc2ccc(Oc3ccccc3Cl)cc2)cc1. The van der Waals surface area contributed by atoms with Crippen LogP contribution in [-0.4, -0.2) is 11.8 Å². The number of amides is 2. The molecule has 28 heavy (non-hydrogen) atoms. The minimum Gasteiger partial charge on any atom is -0.456 e. The van der Waals surface area contributed by atoms with E-state index in [1.807, 2.05) is 24.3 Å². The van der Waals surface area contributed by atoms with Crippen molar-refractivity contribution in [1.29, 1.82) is 0 Å². The van der Waals surface area contributed by atoms with Crippen LogP contribution in [0.5, 0.6) is 11.5 Å². The average Bonchev–Trinajstić information content (AvgIpc) is 2.66. The van der Waals surface area contributed by atoms with Crippen LogP contribution in [0, 0.1) is 0 Å². The second kappa shape index (κ2) is 9.06. The Hall–Kier alpha value is -3.31. The molecule has 3 rings (SSSR count). The van der Waals surface area contributed by atoms with E-state index >= 15 is 0 Å². The Labute approximate surface area is 168 Å². The van der Waals surface area contributed by atoms with Crippen molar-refractivity contribution in [1.82, 2.24) is 0 Å². The minimum atomic E-state index is -0.132. The first-order valence-electron chi connectivity index (χ1n) is 8.68. The smallest absolute Gasteiger partial charge is 0.228 e. The number of hydrogen-bond donors (Lipinski definition) is 2. The normalized spacial score (nSPS) is 10.2. The summed E-state index contributed by atoms with van der Waals surface area (Å²) in [5, 5.41) is 6.07. The molecule has 3 aromatic rings. The fourth-order valence-electron chi connectivity index (χ4n) is 2.56. The molecule has 3 aromatic carbocycles. The number of nitrogens with one attached hydrogen (secondary N) is 2. The molecule has 0 fully saturated rings. The summed E-state index contributed by atoms with van der Waals surface area (Å²) in [6, 6.07) is 21.5. The molecule has 0 spiro atoms. The zero-order chi connectivity index (χ0) is 19.9. The molecular formula is C22H19ClN2O3. The van der Waals surface area contributed by atoms with Gasteiger partial charge in [-0.05, 0) is 54.1 Å². The molecule has 0 bridgehead atoms. The van der Waals surface area contributed by atoms with Crippen LogP contribution in [0.15, 0.2) is 72.8 Å². The lowest BCUT2D eigenvalue weighted by atomic mass is 10.1. The van der Waals surface area contributed by atoms with E-state index in [9.17, 15) is 9.59 Å². The maximum Gasteiger partial charge on any atom is 0.228 e. The van der Waals surface area contributed by atoms with Crippen LogP contribution in [0.25, 0.3) is 0 Å². The van der Waals surface area contributed by atoms with Crippen molar-refractivity contribution in [3.8, 4) is 11.5 Å². The third-order valence-electron chi connectivity index (χ3n) is 3.84. The molecule has 2 N–H and O–H groups in total. The quantitative estimate of drug-likeness (QED) is 0.598. The highest BCUT2D eigenvalue weighted by Gasteiger charge is 2.06. The highest BCUT2D eigenvalue weighted by atomic mass is 35.5. The Kier molecular flexibility index (Phi) is 6.29. The van der Waals surface area contributed by atoms with E-state index in [2.05, 4.69) is 10.6 Å². The van der Waals surface area contributed by atoms with Crippen LogP contribution in [0.2, 0.25) is 5.02 Å². The van der Waals surface area contributed by atoms with Crippen LogP contribution >= 0.6 is 11.6 Å². The van der Waals surface area contributed by atoms with Crippen molar-refractivity contribution in [2.24, 2.45) is 0 Å². The molecule has 0 aliphatic carbocycles. The average molecular weight is 395 g/mol. The van der Waals surface area contributed by atoms with E-state index in [1.54, 1.807) is 48.5 Å². The summed E-state index contributed by atoms with van der Waals surface area (Å²) in [6.45, 7) is 1.45. The zero-order valence-electron chi connectivity index (χ0n) is 15.2. The third kappa shape index (κ3) is 5.59. The van der Waals surface area contributed by atoms with Crippen molar-refractivity contribution in [2.75, 3.05) is 10.6 Å². The molecule has 0 unspecified atom stereocenters. The van der Waals surface area contributed by atoms with Gasteiger partial charge in [0.25, 0.3) is 0 Å². The number of ether oxygens (including phenoxy) is 1. The number of hydrogen-bond acceptors (Lipinski definition) is 3. The van der Waals surface area contributed by atoms with E-state index < -0.39 is 0 Å². The molecule has 0 heterocycles. The Morgan fingerprint density at radius 1 is 0.857 bits per heavy atom. The number of rotatable bonds is 6. The van der Waals surface area contributed by atoms with Gasteiger partial charge in [0.15, 0.2) is 0 Å². The van der Waals surface area contributed by atoms with Crippen LogP contribution in [-0.2, 0) is 16.0 Å². The van der Waals surface area contributed by atoms with Gasteiger partial charge < -0.3 is 15.4 Å². The van der Waals surface area contributed by atoms with Crippen LogP contribution < -0.4 is 15.4 Å². The maximum absolute atomic E-state index is 12.2. The Bertz CT molecular complexity index is 970. The van der Waals surface area contributed by atoms with E-state index in [0.717, 1.165) is 5.56 Å². The highest BCUT2D eigenvalue weighted by molar-refractivity contribution is 6.32. The summed E-state index contributed by atoms with van der Waals surface area (Å²) in [7, 11) is 0. The fraction of sp³-hybridized carbons (Fsp3) is 0.0909. The van der Waals surface area contributed by atoms with Crippen LogP contribution in [0.1, 0.15) is 12.5 Å². The standard InChI is InChI=1S/C22H19ClN2O3/c1-15(26)24-17-8-6-16(7-9-17)14-22(27)25-18-10-12-19(13-11-18)28-21-5-3-2-4-20(21)23/h2-13H,14H2,1H3,(H,24,26)(H,25,27). The number of halogens is 1. The van der Waals surface area contributed by atoms with Crippen molar-refractivity contribution in [2.45, 2.75) is 13.3 Å². The van der Waals surface area contributed by atoms with Gasteiger partial charge >= 0.3 is 0 Å². The molecule has 2 amide bonds. The van der Waals surface area contributed by atoms with E-state index in [4.69, 9.17) is 16.3 Å². The van der Waals surface area contributed by atoms with Crippen molar-refractivity contribution in [3.05, 3.63) is 83.4 Å².